The van der Waals surface area contributed by atoms with E-state index in [0.717, 1.165) is 28.2 Å². The number of hydrogen-bond acceptors (Lipinski definition) is 2. The molecule has 0 spiro atoms. The zero-order valence-electron chi connectivity index (χ0n) is 16.1. The second-order valence-electron chi connectivity index (χ2n) is 8.07. The van der Waals surface area contributed by atoms with Crippen LogP contribution >= 0.6 is 0 Å². The first-order valence-corrected chi connectivity index (χ1v) is 8.91. The van der Waals surface area contributed by atoms with E-state index < -0.39 is 0 Å². The van der Waals surface area contributed by atoms with Crippen molar-refractivity contribution in [2.75, 3.05) is 0 Å². The maximum Gasteiger partial charge on any atom is 0.183 e. The van der Waals surface area contributed by atoms with Crippen molar-refractivity contribution >= 4 is 27.8 Å². The van der Waals surface area contributed by atoms with Crippen molar-refractivity contribution in [3.63, 3.8) is 0 Å². The summed E-state index contributed by atoms with van der Waals surface area (Å²) in [5, 5.41) is 18.6. The quantitative estimate of drug-likeness (QED) is 0.315. The minimum Gasteiger partial charge on any atom is -0.428 e. The minimum absolute atomic E-state index is 0.291. The Labute approximate surface area is 155 Å². The summed E-state index contributed by atoms with van der Waals surface area (Å²) in [6, 6.07) is 14.4. The maximum atomic E-state index is 10.3. The van der Waals surface area contributed by atoms with Gasteiger partial charge in [-0.05, 0) is 47.9 Å². The van der Waals surface area contributed by atoms with Gasteiger partial charge in [0.1, 0.15) is 0 Å². The zero-order chi connectivity index (χ0) is 19.5. The van der Waals surface area contributed by atoms with Gasteiger partial charge >= 0.3 is 0 Å². The van der Waals surface area contributed by atoms with E-state index in [1.807, 2.05) is 24.3 Å². The number of nitrogens with zero attached hydrogens (tertiary/aromatic N) is 1. The second kappa shape index (κ2) is 7.68. The lowest BCUT2D eigenvalue weighted by molar-refractivity contribution is 0.213. The number of rotatable bonds is 4. The van der Waals surface area contributed by atoms with Crippen LogP contribution in [0.25, 0.3) is 21.8 Å². The normalized spacial score (nSPS) is 11.6. The molecule has 0 amide bonds. The van der Waals surface area contributed by atoms with Crippen LogP contribution in [0.5, 0.6) is 0 Å². The van der Waals surface area contributed by atoms with Crippen molar-refractivity contribution in [3.05, 3.63) is 48.0 Å². The molecule has 0 unspecified atom stereocenters. The molecule has 5 nitrogen and oxygen atoms in total. The molecule has 5 heteroatoms. The van der Waals surface area contributed by atoms with Crippen molar-refractivity contribution in [1.82, 2.24) is 4.73 Å². The molecule has 1 heterocycles. The highest BCUT2D eigenvalue weighted by Gasteiger charge is 2.20. The van der Waals surface area contributed by atoms with Crippen LogP contribution in [0.1, 0.15) is 39.7 Å². The van der Waals surface area contributed by atoms with Crippen molar-refractivity contribution in [2.45, 2.75) is 40.5 Å². The van der Waals surface area contributed by atoms with Gasteiger partial charge in [0.15, 0.2) is 5.96 Å². The Morgan fingerprint density at radius 2 is 1.65 bits per heavy atom. The molecule has 0 saturated carbocycles. The molecule has 0 radical (unpaired) electrons. The van der Waals surface area contributed by atoms with Gasteiger partial charge in [0, 0.05) is 10.8 Å². The number of fused-ring (bicyclic) bond motifs is 3. The number of aromatic nitrogens is 1. The molecule has 0 fully saturated rings. The third-order valence-corrected chi connectivity index (χ3v) is 4.36. The molecule has 0 aliphatic rings. The number of guanidine groups is 1. The molecule has 0 aliphatic carbocycles. The molecular formula is C21H30N4O. The SMILES string of the molecule is CC(C)CC(C)(C)Cc1ccc2c(c1)c1ccccc1n2O.N=C(N)N. The Kier molecular flexibility index (Phi) is 5.80. The van der Waals surface area contributed by atoms with Crippen LogP contribution in [0.4, 0.5) is 0 Å². The van der Waals surface area contributed by atoms with Gasteiger partial charge in [0.2, 0.25) is 0 Å². The van der Waals surface area contributed by atoms with Crippen LogP contribution in [0, 0.1) is 16.7 Å². The van der Waals surface area contributed by atoms with E-state index in [1.165, 1.54) is 16.7 Å². The molecule has 1 aromatic heterocycles. The zero-order valence-corrected chi connectivity index (χ0v) is 16.1. The van der Waals surface area contributed by atoms with Gasteiger partial charge in [-0.25, -0.2) is 0 Å². The van der Waals surface area contributed by atoms with E-state index in [4.69, 9.17) is 5.41 Å². The first-order chi connectivity index (χ1) is 12.1. The van der Waals surface area contributed by atoms with Crippen molar-refractivity contribution < 1.29 is 5.21 Å². The summed E-state index contributed by atoms with van der Waals surface area (Å²) in [4.78, 5) is 0. The maximum absolute atomic E-state index is 10.3. The molecule has 3 rings (SSSR count). The molecule has 26 heavy (non-hydrogen) atoms. The summed E-state index contributed by atoms with van der Waals surface area (Å²) in [7, 11) is 0. The Morgan fingerprint density at radius 3 is 2.27 bits per heavy atom. The molecule has 0 saturated heterocycles. The lowest BCUT2D eigenvalue weighted by atomic mass is 9.79. The highest BCUT2D eigenvalue weighted by molar-refractivity contribution is 6.07. The number of para-hydroxylation sites is 1. The van der Waals surface area contributed by atoms with Crippen LogP contribution < -0.4 is 11.5 Å². The summed E-state index contributed by atoms with van der Waals surface area (Å²) >= 11 is 0. The average molecular weight is 354 g/mol. The van der Waals surface area contributed by atoms with E-state index in [1.54, 1.807) is 0 Å². The Morgan fingerprint density at radius 1 is 1.08 bits per heavy atom. The minimum atomic E-state index is -0.333. The first kappa shape index (κ1) is 19.6. The Balaban J connectivity index is 0.000000552. The van der Waals surface area contributed by atoms with Crippen LogP contribution in [0.2, 0.25) is 0 Å². The van der Waals surface area contributed by atoms with Crippen LogP contribution in [-0.4, -0.2) is 15.9 Å². The highest BCUT2D eigenvalue weighted by atomic mass is 16.5. The second-order valence-corrected chi connectivity index (χ2v) is 8.07. The van der Waals surface area contributed by atoms with Crippen LogP contribution in [-0.2, 0) is 6.42 Å². The van der Waals surface area contributed by atoms with Crippen molar-refractivity contribution in [2.24, 2.45) is 22.8 Å². The fourth-order valence-corrected chi connectivity index (χ4v) is 3.84. The average Bonchev–Trinajstić information content (AvgIpc) is 2.78. The van der Waals surface area contributed by atoms with Crippen molar-refractivity contribution in [3.8, 4) is 0 Å². The number of benzene rings is 2. The highest BCUT2D eigenvalue weighted by Crippen LogP contribution is 2.33. The molecule has 2 aromatic carbocycles. The smallest absolute Gasteiger partial charge is 0.183 e. The number of nitrogens with one attached hydrogen (secondary N) is 1. The lowest BCUT2D eigenvalue weighted by Gasteiger charge is -2.26. The summed E-state index contributed by atoms with van der Waals surface area (Å²) in [6.45, 7) is 9.24. The van der Waals surface area contributed by atoms with Gasteiger partial charge in [-0.3, -0.25) is 5.41 Å². The van der Waals surface area contributed by atoms with E-state index in [-0.39, 0.29) is 5.96 Å². The fraction of sp³-hybridized carbons (Fsp3) is 0.381. The Hall–Kier alpha value is -2.69. The third kappa shape index (κ3) is 4.69. The molecule has 0 aliphatic heterocycles. The first-order valence-electron chi connectivity index (χ1n) is 8.91. The van der Waals surface area contributed by atoms with Gasteiger partial charge in [0.05, 0.1) is 11.0 Å². The van der Waals surface area contributed by atoms with E-state index in [2.05, 4.69) is 57.4 Å². The molecular weight excluding hydrogens is 324 g/mol. The van der Waals surface area contributed by atoms with E-state index in [9.17, 15) is 5.21 Å². The van der Waals surface area contributed by atoms with E-state index >= 15 is 0 Å². The fourth-order valence-electron chi connectivity index (χ4n) is 3.84. The summed E-state index contributed by atoms with van der Waals surface area (Å²) in [6.07, 6.45) is 2.28. The lowest BCUT2D eigenvalue weighted by Crippen LogP contribution is -2.20. The summed E-state index contributed by atoms with van der Waals surface area (Å²) < 4.78 is 1.30. The standard InChI is InChI=1S/C20H25NO.CH5N3/c1-14(2)12-20(3,4)13-15-9-10-19-17(11-15)16-7-5-6-8-18(16)21(19)22;2-1(3)4/h5-11,14,22H,12-13H2,1-4H3;(H5,2,3,4). The van der Waals surface area contributed by atoms with Gasteiger partial charge in [-0.15, -0.1) is 0 Å². The topological polar surface area (TPSA) is 101 Å². The third-order valence-electron chi connectivity index (χ3n) is 4.36. The molecule has 3 aromatic rings. The summed E-state index contributed by atoms with van der Waals surface area (Å²) in [5.41, 5.74) is 12.3. The molecule has 140 valence electrons. The van der Waals surface area contributed by atoms with Gasteiger partial charge in [0.25, 0.3) is 0 Å². The Bertz CT molecular complexity index is 905. The number of hydrogen-bond donors (Lipinski definition) is 4. The van der Waals surface area contributed by atoms with Gasteiger partial charge in [-0.1, -0.05) is 52.0 Å². The largest absolute Gasteiger partial charge is 0.428 e. The monoisotopic (exact) mass is 354 g/mol. The van der Waals surface area contributed by atoms with Gasteiger partial charge in [-0.2, -0.15) is 4.73 Å². The molecule has 6 N–H and O–H groups in total. The van der Waals surface area contributed by atoms with Crippen molar-refractivity contribution in [1.29, 1.82) is 5.41 Å². The molecule has 0 atom stereocenters. The summed E-state index contributed by atoms with van der Waals surface area (Å²) in [5.74, 6) is 0.373. The number of nitrogens with two attached hydrogens (primary N) is 2. The predicted octanol–water partition coefficient (Wildman–Crippen LogP) is 4.49. The van der Waals surface area contributed by atoms with Crippen LogP contribution in [0.3, 0.4) is 0 Å². The van der Waals surface area contributed by atoms with Gasteiger partial charge < -0.3 is 16.7 Å². The van der Waals surface area contributed by atoms with E-state index in [0.29, 0.717) is 11.3 Å². The van der Waals surface area contributed by atoms with Crippen LogP contribution in [0.15, 0.2) is 42.5 Å². The predicted molar refractivity (Wildman–Crippen MR) is 110 cm³/mol. The molecule has 0 bridgehead atoms.